The van der Waals surface area contributed by atoms with Crippen molar-refractivity contribution in [2.24, 2.45) is 0 Å². The molecule has 32 heavy (non-hydrogen) atoms. The van der Waals surface area contributed by atoms with E-state index in [1.807, 2.05) is 0 Å². The summed E-state index contributed by atoms with van der Waals surface area (Å²) in [5.74, 6) is -2.66. The van der Waals surface area contributed by atoms with Crippen molar-refractivity contribution >= 4 is 27.5 Å². The molecule has 0 radical (unpaired) electrons. The van der Waals surface area contributed by atoms with E-state index in [1.54, 1.807) is 19.9 Å². The molecule has 0 aliphatic carbocycles. The fraction of sp³-hybridized carbons (Fsp3) is 0.364. The number of benzene rings is 2. The molecule has 174 valence electrons. The van der Waals surface area contributed by atoms with E-state index in [4.69, 9.17) is 0 Å². The quantitative estimate of drug-likeness (QED) is 0.614. The van der Waals surface area contributed by atoms with E-state index in [2.05, 4.69) is 5.32 Å². The zero-order valence-electron chi connectivity index (χ0n) is 18.4. The Hall–Kier alpha value is -3.01. The predicted molar refractivity (Wildman–Crippen MR) is 118 cm³/mol. The zero-order valence-corrected chi connectivity index (χ0v) is 19.2. The summed E-state index contributed by atoms with van der Waals surface area (Å²) in [6.45, 7) is 3.93. The lowest BCUT2D eigenvalue weighted by molar-refractivity contribution is -0.139. The Labute approximate surface area is 187 Å². The predicted octanol–water partition coefficient (Wildman–Crippen LogP) is 2.67. The van der Waals surface area contributed by atoms with E-state index in [0.717, 1.165) is 17.2 Å². The van der Waals surface area contributed by atoms with Crippen molar-refractivity contribution in [3.63, 3.8) is 0 Å². The minimum atomic E-state index is -4.04. The van der Waals surface area contributed by atoms with Crippen LogP contribution in [0.15, 0.2) is 48.5 Å². The molecule has 0 bridgehead atoms. The van der Waals surface area contributed by atoms with Gasteiger partial charge in [0.15, 0.2) is 0 Å². The molecule has 2 amide bonds. The van der Waals surface area contributed by atoms with Gasteiger partial charge in [-0.25, -0.2) is 17.2 Å². The molecule has 0 heterocycles. The molecule has 0 aromatic heterocycles. The maximum absolute atomic E-state index is 14.3. The maximum atomic E-state index is 14.3. The number of carbonyl (C=O) groups excluding carboxylic acids is 2. The van der Waals surface area contributed by atoms with Gasteiger partial charge in [0.1, 0.15) is 24.2 Å². The van der Waals surface area contributed by atoms with Gasteiger partial charge in [-0.05, 0) is 39.0 Å². The van der Waals surface area contributed by atoms with Gasteiger partial charge in [-0.2, -0.15) is 0 Å². The number of para-hydroxylation sites is 1. The van der Waals surface area contributed by atoms with Crippen LogP contribution in [0.4, 0.5) is 14.5 Å². The number of sulfonamides is 1. The maximum Gasteiger partial charge on any atom is 0.244 e. The van der Waals surface area contributed by atoms with Gasteiger partial charge in [-0.15, -0.1) is 0 Å². The van der Waals surface area contributed by atoms with Crippen LogP contribution in [0, 0.1) is 11.6 Å². The molecular weight excluding hydrogens is 440 g/mol. The second kappa shape index (κ2) is 10.5. The van der Waals surface area contributed by atoms with Crippen molar-refractivity contribution in [3.05, 3.63) is 65.7 Å². The zero-order chi connectivity index (χ0) is 24.1. The van der Waals surface area contributed by atoms with Crippen molar-refractivity contribution in [1.82, 2.24) is 10.2 Å². The van der Waals surface area contributed by atoms with Crippen molar-refractivity contribution in [2.45, 2.75) is 39.4 Å². The summed E-state index contributed by atoms with van der Waals surface area (Å²) < 4.78 is 53.9. The molecule has 10 heteroatoms. The average molecular weight is 468 g/mol. The summed E-state index contributed by atoms with van der Waals surface area (Å²) in [7, 11) is -4.04. The lowest BCUT2D eigenvalue weighted by Crippen LogP contribution is -2.52. The molecule has 0 saturated carbocycles. The van der Waals surface area contributed by atoms with Crippen LogP contribution in [-0.2, 0) is 26.2 Å². The highest BCUT2D eigenvalue weighted by Crippen LogP contribution is 2.22. The van der Waals surface area contributed by atoms with Gasteiger partial charge in [-0.3, -0.25) is 13.9 Å². The fourth-order valence-electron chi connectivity index (χ4n) is 3.05. The van der Waals surface area contributed by atoms with Gasteiger partial charge in [0.2, 0.25) is 21.8 Å². The molecule has 0 aliphatic rings. The molecule has 7 nitrogen and oxygen atoms in total. The Bertz CT molecular complexity index is 1080. The van der Waals surface area contributed by atoms with Crippen molar-refractivity contribution in [1.29, 1.82) is 0 Å². The van der Waals surface area contributed by atoms with Crippen LogP contribution in [0.25, 0.3) is 0 Å². The summed E-state index contributed by atoms with van der Waals surface area (Å²) in [5.41, 5.74) is -0.143. The monoisotopic (exact) mass is 467 g/mol. The molecule has 0 saturated heterocycles. The van der Waals surface area contributed by atoms with Gasteiger partial charge in [0.25, 0.3) is 0 Å². The van der Waals surface area contributed by atoms with E-state index in [9.17, 15) is 26.8 Å². The minimum Gasteiger partial charge on any atom is -0.352 e. The van der Waals surface area contributed by atoms with E-state index in [0.29, 0.717) is 4.31 Å². The molecule has 2 aromatic rings. The molecule has 1 atom stereocenters. The average Bonchev–Trinajstić information content (AvgIpc) is 2.70. The summed E-state index contributed by atoms with van der Waals surface area (Å²) >= 11 is 0. The number of nitrogens with zero attached hydrogens (tertiary/aromatic N) is 2. The summed E-state index contributed by atoms with van der Waals surface area (Å²) in [4.78, 5) is 26.9. The molecule has 2 aromatic carbocycles. The van der Waals surface area contributed by atoms with Crippen molar-refractivity contribution in [3.8, 4) is 0 Å². The van der Waals surface area contributed by atoms with E-state index >= 15 is 0 Å². The number of carbonyl (C=O) groups is 2. The van der Waals surface area contributed by atoms with Gasteiger partial charge >= 0.3 is 0 Å². The third-order valence-corrected chi connectivity index (χ3v) is 5.82. The fourth-order valence-corrected chi connectivity index (χ4v) is 3.90. The Morgan fingerprint density at radius 2 is 1.53 bits per heavy atom. The Kier molecular flexibility index (Phi) is 8.31. The number of anilines is 1. The molecule has 0 aliphatic heterocycles. The first-order valence-corrected chi connectivity index (χ1v) is 11.8. The molecule has 0 fully saturated rings. The first-order chi connectivity index (χ1) is 14.9. The van der Waals surface area contributed by atoms with Crippen LogP contribution in [0.3, 0.4) is 0 Å². The smallest absolute Gasteiger partial charge is 0.244 e. The Morgan fingerprint density at radius 1 is 0.969 bits per heavy atom. The van der Waals surface area contributed by atoms with E-state index in [1.165, 1.54) is 43.3 Å². The van der Waals surface area contributed by atoms with Gasteiger partial charge in [0.05, 0.1) is 11.9 Å². The molecule has 1 N–H and O–H groups in total. The highest BCUT2D eigenvalue weighted by Gasteiger charge is 2.31. The van der Waals surface area contributed by atoms with Crippen molar-refractivity contribution in [2.75, 3.05) is 17.1 Å². The number of nitrogens with one attached hydrogen (secondary N) is 1. The summed E-state index contributed by atoms with van der Waals surface area (Å²) in [6.07, 6.45) is 0.850. The van der Waals surface area contributed by atoms with Crippen LogP contribution in [-0.4, -0.2) is 50.0 Å². The van der Waals surface area contributed by atoms with E-state index in [-0.39, 0.29) is 23.8 Å². The van der Waals surface area contributed by atoms with Gasteiger partial charge < -0.3 is 10.2 Å². The highest BCUT2D eigenvalue weighted by molar-refractivity contribution is 7.92. The number of hydrogen-bond donors (Lipinski definition) is 1. The number of rotatable bonds is 9. The summed E-state index contributed by atoms with van der Waals surface area (Å²) in [5, 5.41) is 2.68. The second-order valence-electron chi connectivity index (χ2n) is 7.67. The van der Waals surface area contributed by atoms with Crippen LogP contribution in [0.1, 0.15) is 26.3 Å². The van der Waals surface area contributed by atoms with Crippen LogP contribution in [0.5, 0.6) is 0 Å². The van der Waals surface area contributed by atoms with Crippen LogP contribution >= 0.6 is 0 Å². The third kappa shape index (κ3) is 6.49. The second-order valence-corrected chi connectivity index (χ2v) is 9.58. The van der Waals surface area contributed by atoms with Crippen LogP contribution in [0.2, 0.25) is 0 Å². The number of amides is 2. The largest absolute Gasteiger partial charge is 0.352 e. The summed E-state index contributed by atoms with van der Waals surface area (Å²) in [6, 6.07) is 9.67. The lowest BCUT2D eigenvalue weighted by atomic mass is 10.1. The Morgan fingerprint density at radius 3 is 2.06 bits per heavy atom. The van der Waals surface area contributed by atoms with Crippen molar-refractivity contribution < 1.29 is 26.8 Å². The number of halogens is 2. The van der Waals surface area contributed by atoms with Gasteiger partial charge in [0, 0.05) is 18.2 Å². The standard InChI is InChI=1S/C22H27F2N3O4S/c1-15(2)25-22(29)16(3)26(13-17-9-5-6-10-18(17)23)21(28)14-27(32(4,30)31)20-12-8-7-11-19(20)24/h5-12,15-16H,13-14H2,1-4H3,(H,25,29). The topological polar surface area (TPSA) is 86.8 Å². The highest BCUT2D eigenvalue weighted by atomic mass is 32.2. The molecule has 0 spiro atoms. The molecular formula is C22H27F2N3O4S. The van der Waals surface area contributed by atoms with Crippen LogP contribution < -0.4 is 9.62 Å². The minimum absolute atomic E-state index is 0.154. The molecule has 1 unspecified atom stereocenters. The van der Waals surface area contributed by atoms with Gasteiger partial charge in [-0.1, -0.05) is 30.3 Å². The Balaban J connectivity index is 2.42. The normalized spacial score (nSPS) is 12.3. The first-order valence-electron chi connectivity index (χ1n) is 9.97. The molecule has 2 rings (SSSR count). The third-order valence-electron chi connectivity index (χ3n) is 4.70. The lowest BCUT2D eigenvalue weighted by Gasteiger charge is -2.32. The first kappa shape index (κ1) is 25.3. The number of hydrogen-bond acceptors (Lipinski definition) is 4. The van der Waals surface area contributed by atoms with E-state index < -0.39 is 46.1 Å². The SMILES string of the molecule is CC(C)NC(=O)C(C)N(Cc1ccccc1F)C(=O)CN(c1ccccc1F)S(C)(=O)=O.